The van der Waals surface area contributed by atoms with E-state index in [4.69, 9.17) is 4.74 Å². The molecule has 0 spiro atoms. The van der Waals surface area contributed by atoms with Crippen LogP contribution in [0.1, 0.15) is 68.9 Å². The summed E-state index contributed by atoms with van der Waals surface area (Å²) in [5, 5.41) is 0. The number of cyclic esters (lactones) is 1. The van der Waals surface area contributed by atoms with Crippen LogP contribution in [0.3, 0.4) is 0 Å². The first kappa shape index (κ1) is 23.3. The van der Waals surface area contributed by atoms with Crippen LogP contribution in [0.5, 0.6) is 0 Å². The van der Waals surface area contributed by atoms with E-state index in [0.717, 1.165) is 56.1 Å². The molecule has 1 aliphatic heterocycles. The second-order valence-corrected chi connectivity index (χ2v) is 9.41. The zero-order chi connectivity index (χ0) is 23.2. The van der Waals surface area contributed by atoms with Gasteiger partial charge in [-0.25, -0.2) is 9.69 Å². The van der Waals surface area contributed by atoms with Crippen LogP contribution in [0.15, 0.2) is 72.8 Å². The van der Waals surface area contributed by atoms with E-state index in [-0.39, 0.29) is 36.3 Å². The Kier molecular flexibility index (Phi) is 7.64. The molecule has 174 valence electrons. The van der Waals surface area contributed by atoms with Crippen molar-refractivity contribution < 1.29 is 14.3 Å². The normalized spacial score (nSPS) is 21.8. The van der Waals surface area contributed by atoms with E-state index in [1.54, 1.807) is 0 Å². The van der Waals surface area contributed by atoms with Gasteiger partial charge in [-0.1, -0.05) is 99.0 Å². The van der Waals surface area contributed by atoms with Gasteiger partial charge in [0.25, 0.3) is 0 Å². The summed E-state index contributed by atoms with van der Waals surface area (Å²) >= 11 is 0. The van der Waals surface area contributed by atoms with E-state index in [0.29, 0.717) is 0 Å². The highest BCUT2D eigenvalue weighted by atomic mass is 16.6. The highest BCUT2D eigenvalue weighted by molar-refractivity contribution is 5.95. The molecule has 1 saturated carbocycles. The minimum Gasteiger partial charge on any atom is -0.447 e. The average Bonchev–Trinajstić information content (AvgIpc) is 3.22. The second kappa shape index (κ2) is 10.8. The Hall–Kier alpha value is -2.88. The summed E-state index contributed by atoms with van der Waals surface area (Å²) < 4.78 is 5.54. The zero-order valence-corrected chi connectivity index (χ0v) is 19.6. The smallest absolute Gasteiger partial charge is 0.417 e. The summed E-state index contributed by atoms with van der Waals surface area (Å²) in [6.07, 6.45) is 6.48. The maximum absolute atomic E-state index is 14.1. The predicted molar refractivity (Wildman–Crippen MR) is 131 cm³/mol. The third kappa shape index (κ3) is 5.05. The minimum absolute atomic E-state index is 0.0825. The number of hydrogen-bond acceptors (Lipinski definition) is 3. The number of carbonyl (C=O) groups excluding carboxylic acids is 2. The Bertz CT molecular complexity index is 916. The Morgan fingerprint density at radius 3 is 2.27 bits per heavy atom. The third-order valence-electron chi connectivity index (χ3n) is 7.30. The maximum Gasteiger partial charge on any atom is 0.417 e. The zero-order valence-electron chi connectivity index (χ0n) is 19.6. The van der Waals surface area contributed by atoms with Crippen LogP contribution in [0, 0.1) is 11.8 Å². The fraction of sp³-hybridized carbons (Fsp3) is 0.448. The van der Waals surface area contributed by atoms with E-state index < -0.39 is 6.09 Å². The summed E-state index contributed by atoms with van der Waals surface area (Å²) in [5.74, 6) is -0.276. The lowest BCUT2D eigenvalue weighted by Gasteiger charge is -2.36. The van der Waals surface area contributed by atoms with Crippen molar-refractivity contribution in [3.05, 3.63) is 83.9 Å². The summed E-state index contributed by atoms with van der Waals surface area (Å²) in [4.78, 5) is 28.5. The van der Waals surface area contributed by atoms with Crippen LogP contribution < -0.4 is 0 Å². The maximum atomic E-state index is 14.1. The topological polar surface area (TPSA) is 46.6 Å². The molecular formula is C29H35NO3. The lowest BCUT2D eigenvalue weighted by Crippen LogP contribution is -2.47. The molecule has 0 bridgehead atoms. The molecule has 4 nitrogen and oxygen atoms in total. The first-order chi connectivity index (χ1) is 16.1. The number of hydrogen-bond donors (Lipinski definition) is 0. The first-order valence-corrected chi connectivity index (χ1v) is 12.4. The molecule has 2 aromatic rings. The molecule has 1 aliphatic carbocycles. The molecule has 2 fully saturated rings. The van der Waals surface area contributed by atoms with Crippen molar-refractivity contribution in [2.45, 2.75) is 63.8 Å². The molecule has 33 heavy (non-hydrogen) atoms. The number of benzene rings is 2. The van der Waals surface area contributed by atoms with Crippen LogP contribution in [0.25, 0.3) is 0 Å². The van der Waals surface area contributed by atoms with Crippen LogP contribution >= 0.6 is 0 Å². The van der Waals surface area contributed by atoms with Gasteiger partial charge in [0.2, 0.25) is 5.91 Å². The van der Waals surface area contributed by atoms with Crippen molar-refractivity contribution in [3.8, 4) is 0 Å². The molecule has 0 unspecified atom stereocenters. The number of amides is 2. The van der Waals surface area contributed by atoms with Gasteiger partial charge < -0.3 is 4.74 Å². The largest absolute Gasteiger partial charge is 0.447 e. The second-order valence-electron chi connectivity index (χ2n) is 9.41. The minimum atomic E-state index is -0.509. The number of ether oxygens (including phenoxy) is 1. The Morgan fingerprint density at radius 1 is 1.06 bits per heavy atom. The van der Waals surface area contributed by atoms with E-state index in [1.807, 2.05) is 36.4 Å². The highest BCUT2D eigenvalue weighted by Crippen LogP contribution is 2.40. The van der Waals surface area contributed by atoms with Crippen LogP contribution in [-0.2, 0) is 9.53 Å². The molecule has 2 aromatic carbocycles. The Morgan fingerprint density at radius 2 is 1.70 bits per heavy atom. The fourth-order valence-corrected chi connectivity index (χ4v) is 5.58. The number of carbonyl (C=O) groups is 2. The number of nitrogens with zero attached hydrogens (tertiary/aromatic N) is 1. The Balaban J connectivity index is 1.70. The van der Waals surface area contributed by atoms with E-state index in [9.17, 15) is 9.59 Å². The quantitative estimate of drug-likeness (QED) is 0.424. The number of imide groups is 1. The van der Waals surface area contributed by atoms with Gasteiger partial charge in [0.15, 0.2) is 0 Å². The van der Waals surface area contributed by atoms with Crippen LogP contribution in [0.2, 0.25) is 0 Å². The molecule has 1 saturated heterocycles. The summed E-state index contributed by atoms with van der Waals surface area (Å²) in [6.45, 7) is 6.67. The molecule has 0 aromatic heterocycles. The summed E-state index contributed by atoms with van der Waals surface area (Å²) in [5.41, 5.74) is 3.33. The summed E-state index contributed by atoms with van der Waals surface area (Å²) in [6, 6.07) is 19.9. The average molecular weight is 446 g/mol. The van der Waals surface area contributed by atoms with Crippen molar-refractivity contribution in [1.29, 1.82) is 0 Å². The summed E-state index contributed by atoms with van der Waals surface area (Å²) in [7, 11) is 0. The molecule has 0 radical (unpaired) electrons. The Labute approximate surface area is 197 Å². The van der Waals surface area contributed by atoms with E-state index in [1.165, 1.54) is 10.5 Å². The van der Waals surface area contributed by atoms with Gasteiger partial charge in [0.1, 0.15) is 6.61 Å². The van der Waals surface area contributed by atoms with Gasteiger partial charge in [0.05, 0.1) is 6.04 Å². The highest BCUT2D eigenvalue weighted by Gasteiger charge is 2.47. The van der Waals surface area contributed by atoms with Crippen molar-refractivity contribution in [1.82, 2.24) is 4.90 Å². The van der Waals surface area contributed by atoms with Crippen LogP contribution in [0.4, 0.5) is 4.79 Å². The molecule has 3 atom stereocenters. The number of allylic oxidation sites excluding steroid dienone is 1. The van der Waals surface area contributed by atoms with Gasteiger partial charge >= 0.3 is 6.09 Å². The molecule has 1 heterocycles. The SMILES string of the molecule is C=C1CCCC[C@H]1[C@H](CCCC)C(=O)N1C(=O)OC[C@H]1C(c1ccccc1)c1ccccc1. The van der Waals surface area contributed by atoms with Crippen molar-refractivity contribution in [3.63, 3.8) is 0 Å². The van der Waals surface area contributed by atoms with Gasteiger partial charge in [-0.05, 0) is 42.7 Å². The predicted octanol–water partition coefficient (Wildman–Crippen LogP) is 6.72. The molecule has 4 heteroatoms. The molecule has 2 amide bonds. The first-order valence-electron chi connectivity index (χ1n) is 12.4. The van der Waals surface area contributed by atoms with Gasteiger partial charge in [0, 0.05) is 11.8 Å². The molecule has 0 N–H and O–H groups in total. The number of unbranched alkanes of at least 4 members (excludes halogenated alkanes) is 1. The van der Waals surface area contributed by atoms with Gasteiger partial charge in [-0.3, -0.25) is 4.79 Å². The monoisotopic (exact) mass is 445 g/mol. The van der Waals surface area contributed by atoms with E-state index in [2.05, 4.69) is 37.8 Å². The lowest BCUT2D eigenvalue weighted by molar-refractivity contribution is -0.135. The van der Waals surface area contributed by atoms with E-state index >= 15 is 0 Å². The van der Waals surface area contributed by atoms with Gasteiger partial charge in [-0.15, -0.1) is 0 Å². The number of rotatable bonds is 8. The third-order valence-corrected chi connectivity index (χ3v) is 7.30. The lowest BCUT2D eigenvalue weighted by atomic mass is 9.74. The molecule has 2 aliphatic rings. The standard InChI is InChI=1S/C29H35NO3/c1-3-4-18-25(24-19-12-11-13-21(24)2)28(31)30-26(20-33-29(30)32)27(22-14-7-5-8-15-22)23-16-9-6-10-17-23/h5-10,14-17,24-27H,2-4,11-13,18-20H2,1H3/t24-,25+,26+/m1/s1. The fourth-order valence-electron chi connectivity index (χ4n) is 5.58. The molecular weight excluding hydrogens is 410 g/mol. The molecule has 4 rings (SSSR count). The van der Waals surface area contributed by atoms with Crippen molar-refractivity contribution in [2.75, 3.05) is 6.61 Å². The van der Waals surface area contributed by atoms with Crippen molar-refractivity contribution >= 4 is 12.0 Å². The van der Waals surface area contributed by atoms with Crippen molar-refractivity contribution in [2.24, 2.45) is 11.8 Å². The van der Waals surface area contributed by atoms with Gasteiger partial charge in [-0.2, -0.15) is 0 Å². The van der Waals surface area contributed by atoms with Crippen LogP contribution in [-0.4, -0.2) is 29.5 Å².